The fraction of sp³-hybridized carbons (Fsp3) is 0.600. The van der Waals surface area contributed by atoms with Crippen LogP contribution in [0.25, 0.3) is 0 Å². The van der Waals surface area contributed by atoms with Crippen molar-refractivity contribution >= 4 is 5.91 Å². The van der Waals surface area contributed by atoms with Gasteiger partial charge in [-0.25, -0.2) is 0 Å². The van der Waals surface area contributed by atoms with E-state index in [4.69, 9.17) is 0 Å². The normalized spacial score (nSPS) is 11.7. The van der Waals surface area contributed by atoms with Gasteiger partial charge in [0.05, 0.1) is 5.41 Å². The lowest BCUT2D eigenvalue weighted by molar-refractivity contribution is -0.134. The smallest absolute Gasteiger partial charge is 0.232 e. The summed E-state index contributed by atoms with van der Waals surface area (Å²) in [5.41, 5.74) is 1.51. The Kier molecular flexibility index (Phi) is 4.49. The standard InChI is InChI=1S/C15H24N2O/c1-7-17(6)14(18)15(4,5)12-8-9-13(11(2)3)16-10-12/h8-11H,7H2,1-6H3. The quantitative estimate of drug-likeness (QED) is 0.820. The molecular formula is C15H24N2O. The molecule has 0 radical (unpaired) electrons. The molecule has 3 heteroatoms. The highest BCUT2D eigenvalue weighted by molar-refractivity contribution is 5.87. The molecule has 0 aliphatic carbocycles. The molecule has 0 saturated carbocycles. The minimum absolute atomic E-state index is 0.129. The first-order valence-corrected chi connectivity index (χ1v) is 6.52. The van der Waals surface area contributed by atoms with Crippen LogP contribution in [-0.2, 0) is 10.2 Å². The van der Waals surface area contributed by atoms with Gasteiger partial charge in [0.1, 0.15) is 0 Å². The summed E-state index contributed by atoms with van der Waals surface area (Å²) in [5, 5.41) is 0. The number of carbonyl (C=O) groups excluding carboxylic acids is 1. The van der Waals surface area contributed by atoms with Crippen LogP contribution in [0.15, 0.2) is 18.3 Å². The highest BCUT2D eigenvalue weighted by Crippen LogP contribution is 2.25. The van der Waals surface area contributed by atoms with E-state index in [0.29, 0.717) is 5.92 Å². The van der Waals surface area contributed by atoms with E-state index in [1.54, 1.807) is 4.90 Å². The molecule has 0 unspecified atom stereocenters. The second-order valence-electron chi connectivity index (χ2n) is 5.57. The molecule has 18 heavy (non-hydrogen) atoms. The maximum Gasteiger partial charge on any atom is 0.232 e. The number of aromatic nitrogens is 1. The van der Waals surface area contributed by atoms with E-state index in [0.717, 1.165) is 17.8 Å². The van der Waals surface area contributed by atoms with E-state index in [1.807, 2.05) is 46.1 Å². The molecule has 1 aromatic heterocycles. The summed E-state index contributed by atoms with van der Waals surface area (Å²) in [6, 6.07) is 4.03. The Labute approximate surface area is 110 Å². The van der Waals surface area contributed by atoms with Crippen LogP contribution in [0.2, 0.25) is 0 Å². The van der Waals surface area contributed by atoms with Gasteiger partial charge in [0, 0.05) is 25.5 Å². The van der Waals surface area contributed by atoms with Crippen LogP contribution in [0.1, 0.15) is 51.8 Å². The molecule has 1 rings (SSSR count). The highest BCUT2D eigenvalue weighted by atomic mass is 16.2. The van der Waals surface area contributed by atoms with Crippen molar-refractivity contribution in [2.75, 3.05) is 13.6 Å². The van der Waals surface area contributed by atoms with Gasteiger partial charge in [-0.1, -0.05) is 19.9 Å². The van der Waals surface area contributed by atoms with E-state index < -0.39 is 5.41 Å². The van der Waals surface area contributed by atoms with Crippen molar-refractivity contribution in [2.45, 2.75) is 46.0 Å². The van der Waals surface area contributed by atoms with Gasteiger partial charge in [0.25, 0.3) is 0 Å². The SMILES string of the molecule is CCN(C)C(=O)C(C)(C)c1ccc(C(C)C)nc1. The average molecular weight is 248 g/mol. The van der Waals surface area contributed by atoms with Gasteiger partial charge in [0.15, 0.2) is 0 Å². The van der Waals surface area contributed by atoms with Crippen LogP contribution in [0.3, 0.4) is 0 Å². The monoisotopic (exact) mass is 248 g/mol. The van der Waals surface area contributed by atoms with Gasteiger partial charge in [-0.3, -0.25) is 9.78 Å². The predicted molar refractivity (Wildman–Crippen MR) is 74.7 cm³/mol. The first-order chi connectivity index (χ1) is 8.30. The molecule has 0 aliphatic rings. The van der Waals surface area contributed by atoms with E-state index in [9.17, 15) is 4.79 Å². The van der Waals surface area contributed by atoms with Crippen molar-refractivity contribution in [3.63, 3.8) is 0 Å². The van der Waals surface area contributed by atoms with E-state index in [-0.39, 0.29) is 5.91 Å². The summed E-state index contributed by atoms with van der Waals surface area (Å²) in [6.45, 7) is 10.8. The Morgan fingerprint density at radius 2 is 2.00 bits per heavy atom. The molecule has 0 atom stereocenters. The van der Waals surface area contributed by atoms with Crippen LogP contribution in [0.4, 0.5) is 0 Å². The molecule has 1 aromatic rings. The molecule has 100 valence electrons. The van der Waals surface area contributed by atoms with Crippen LogP contribution >= 0.6 is 0 Å². The van der Waals surface area contributed by atoms with E-state index in [1.165, 1.54) is 0 Å². The fourth-order valence-electron chi connectivity index (χ4n) is 1.86. The molecule has 3 nitrogen and oxygen atoms in total. The topological polar surface area (TPSA) is 33.2 Å². The molecule has 1 heterocycles. The number of nitrogens with zero attached hydrogens (tertiary/aromatic N) is 2. The molecule has 0 saturated heterocycles. The number of hydrogen-bond acceptors (Lipinski definition) is 2. The number of likely N-dealkylation sites (N-methyl/N-ethyl adjacent to an activating group) is 1. The first kappa shape index (κ1) is 14.7. The summed E-state index contributed by atoms with van der Waals surface area (Å²) in [6.07, 6.45) is 1.83. The Balaban J connectivity index is 3.01. The van der Waals surface area contributed by atoms with Gasteiger partial charge in [0.2, 0.25) is 5.91 Å². The van der Waals surface area contributed by atoms with Crippen LogP contribution in [0, 0.1) is 0 Å². The number of pyridine rings is 1. The Morgan fingerprint density at radius 3 is 2.39 bits per heavy atom. The lowest BCUT2D eigenvalue weighted by Crippen LogP contribution is -2.41. The van der Waals surface area contributed by atoms with Gasteiger partial charge in [-0.2, -0.15) is 0 Å². The third kappa shape index (κ3) is 2.89. The third-order valence-corrected chi connectivity index (χ3v) is 3.46. The molecule has 0 fully saturated rings. The first-order valence-electron chi connectivity index (χ1n) is 6.52. The molecule has 0 aromatic carbocycles. The van der Waals surface area contributed by atoms with Crippen LogP contribution in [-0.4, -0.2) is 29.4 Å². The molecule has 0 spiro atoms. The maximum atomic E-state index is 12.3. The van der Waals surface area contributed by atoms with Crippen molar-refractivity contribution in [3.05, 3.63) is 29.6 Å². The lowest BCUT2D eigenvalue weighted by atomic mass is 9.84. The number of carbonyl (C=O) groups is 1. The van der Waals surface area contributed by atoms with Crippen molar-refractivity contribution in [1.29, 1.82) is 0 Å². The summed E-state index contributed by atoms with van der Waals surface area (Å²) >= 11 is 0. The van der Waals surface area contributed by atoms with Crippen molar-refractivity contribution < 1.29 is 4.79 Å². The van der Waals surface area contributed by atoms with E-state index >= 15 is 0 Å². The van der Waals surface area contributed by atoms with Crippen molar-refractivity contribution in [3.8, 4) is 0 Å². The Bertz CT molecular complexity index is 407. The minimum atomic E-state index is -0.521. The summed E-state index contributed by atoms with van der Waals surface area (Å²) in [4.78, 5) is 18.5. The fourth-order valence-corrected chi connectivity index (χ4v) is 1.86. The number of amides is 1. The third-order valence-electron chi connectivity index (χ3n) is 3.46. The van der Waals surface area contributed by atoms with E-state index in [2.05, 4.69) is 18.8 Å². The summed E-state index contributed by atoms with van der Waals surface area (Å²) in [7, 11) is 1.83. The van der Waals surface area contributed by atoms with Crippen molar-refractivity contribution in [1.82, 2.24) is 9.88 Å². The molecular weight excluding hydrogens is 224 g/mol. The maximum absolute atomic E-state index is 12.3. The van der Waals surface area contributed by atoms with Gasteiger partial charge < -0.3 is 4.90 Å². The Hall–Kier alpha value is -1.38. The summed E-state index contributed by atoms with van der Waals surface area (Å²) < 4.78 is 0. The molecule has 0 bridgehead atoms. The predicted octanol–water partition coefficient (Wildman–Crippen LogP) is 2.96. The summed E-state index contributed by atoms with van der Waals surface area (Å²) in [5.74, 6) is 0.542. The average Bonchev–Trinajstić information content (AvgIpc) is 2.36. The van der Waals surface area contributed by atoms with Gasteiger partial charge >= 0.3 is 0 Å². The second kappa shape index (κ2) is 5.51. The zero-order valence-electron chi connectivity index (χ0n) is 12.3. The zero-order chi connectivity index (χ0) is 13.9. The second-order valence-corrected chi connectivity index (χ2v) is 5.57. The van der Waals surface area contributed by atoms with Crippen LogP contribution < -0.4 is 0 Å². The minimum Gasteiger partial charge on any atom is -0.345 e. The molecule has 0 aliphatic heterocycles. The highest BCUT2D eigenvalue weighted by Gasteiger charge is 2.32. The zero-order valence-corrected chi connectivity index (χ0v) is 12.3. The van der Waals surface area contributed by atoms with Crippen molar-refractivity contribution in [2.24, 2.45) is 0 Å². The lowest BCUT2D eigenvalue weighted by Gasteiger charge is -2.29. The molecule has 0 N–H and O–H groups in total. The Morgan fingerprint density at radius 1 is 1.39 bits per heavy atom. The van der Waals surface area contributed by atoms with Crippen LogP contribution in [0.5, 0.6) is 0 Å². The van der Waals surface area contributed by atoms with Gasteiger partial charge in [-0.05, 0) is 38.3 Å². The molecule has 1 amide bonds. The largest absolute Gasteiger partial charge is 0.345 e. The number of hydrogen-bond donors (Lipinski definition) is 0. The van der Waals surface area contributed by atoms with Gasteiger partial charge in [-0.15, -0.1) is 0 Å². The number of rotatable bonds is 4.